The number of carbonyl (C=O) groups excluding carboxylic acids is 1. The van der Waals surface area contributed by atoms with E-state index in [0.717, 1.165) is 31.6 Å². The molecule has 0 bridgehead atoms. The van der Waals surface area contributed by atoms with Gasteiger partial charge in [-0.3, -0.25) is 19.6 Å². The van der Waals surface area contributed by atoms with Crippen LogP contribution in [-0.2, 0) is 7.05 Å². The molecule has 8 nitrogen and oxygen atoms in total. The van der Waals surface area contributed by atoms with Crippen molar-refractivity contribution in [3.05, 3.63) is 52.3 Å². The predicted molar refractivity (Wildman–Crippen MR) is 89.0 cm³/mol. The number of aryl methyl sites for hydroxylation is 1. The van der Waals surface area contributed by atoms with Gasteiger partial charge in [-0.05, 0) is 25.0 Å². The van der Waals surface area contributed by atoms with Crippen molar-refractivity contribution in [1.82, 2.24) is 15.1 Å². The number of nitro benzene ring substituents is 1. The zero-order valence-corrected chi connectivity index (χ0v) is 13.4. The number of hydrogen-bond acceptors (Lipinski definition) is 5. The van der Waals surface area contributed by atoms with E-state index in [1.807, 2.05) is 19.4 Å². The molecular formula is C16H19N5O3. The normalized spacial score (nSPS) is 17.5. The zero-order chi connectivity index (χ0) is 17.1. The summed E-state index contributed by atoms with van der Waals surface area (Å²) >= 11 is 0. The standard InChI is InChI=1S/C16H19N5O3/c1-19-11-15(9-17-19)20-8-2-3-13(10-20)18-16(22)12-4-6-14(7-5-12)21(23)24/h4-7,9,11,13H,2-3,8,10H2,1H3,(H,18,22)/t13-/m1/s1. The largest absolute Gasteiger partial charge is 0.367 e. The smallest absolute Gasteiger partial charge is 0.269 e. The van der Waals surface area contributed by atoms with Crippen LogP contribution in [0.2, 0.25) is 0 Å². The number of anilines is 1. The number of nitrogens with zero attached hydrogens (tertiary/aromatic N) is 4. The Morgan fingerprint density at radius 2 is 2.12 bits per heavy atom. The average molecular weight is 329 g/mol. The summed E-state index contributed by atoms with van der Waals surface area (Å²) < 4.78 is 1.76. The third-order valence-corrected chi connectivity index (χ3v) is 4.15. The van der Waals surface area contributed by atoms with Crippen molar-refractivity contribution < 1.29 is 9.72 Å². The van der Waals surface area contributed by atoms with Crippen LogP contribution in [0.5, 0.6) is 0 Å². The van der Waals surface area contributed by atoms with Gasteiger partial charge >= 0.3 is 0 Å². The van der Waals surface area contributed by atoms with Crippen molar-refractivity contribution in [2.24, 2.45) is 7.05 Å². The van der Waals surface area contributed by atoms with Gasteiger partial charge in [-0.1, -0.05) is 0 Å². The van der Waals surface area contributed by atoms with Crippen LogP contribution < -0.4 is 10.2 Å². The fourth-order valence-electron chi connectivity index (χ4n) is 2.90. The molecule has 0 unspecified atom stereocenters. The van der Waals surface area contributed by atoms with E-state index in [1.165, 1.54) is 24.3 Å². The number of hydrogen-bond donors (Lipinski definition) is 1. The summed E-state index contributed by atoms with van der Waals surface area (Å²) in [6.45, 7) is 1.67. The van der Waals surface area contributed by atoms with Crippen LogP contribution in [0.4, 0.5) is 11.4 Å². The Labute approximate surface area is 139 Å². The van der Waals surface area contributed by atoms with E-state index in [-0.39, 0.29) is 17.6 Å². The second-order valence-corrected chi connectivity index (χ2v) is 5.93. The molecule has 2 aromatic rings. The van der Waals surface area contributed by atoms with E-state index < -0.39 is 4.92 Å². The van der Waals surface area contributed by atoms with Crippen molar-refractivity contribution in [3.8, 4) is 0 Å². The lowest BCUT2D eigenvalue weighted by Crippen LogP contribution is -2.47. The first-order valence-electron chi connectivity index (χ1n) is 7.82. The molecule has 0 spiro atoms. The molecule has 0 aliphatic carbocycles. The van der Waals surface area contributed by atoms with Crippen LogP contribution in [-0.4, -0.2) is 39.7 Å². The highest BCUT2D eigenvalue weighted by atomic mass is 16.6. The molecule has 1 aromatic carbocycles. The highest BCUT2D eigenvalue weighted by Crippen LogP contribution is 2.19. The van der Waals surface area contributed by atoms with Crippen LogP contribution in [0, 0.1) is 10.1 Å². The number of nitro groups is 1. The van der Waals surface area contributed by atoms with Gasteiger partial charge in [0, 0.05) is 50.1 Å². The fraction of sp³-hybridized carbons (Fsp3) is 0.375. The molecule has 1 aliphatic rings. The minimum absolute atomic E-state index is 0.0213. The number of benzene rings is 1. The van der Waals surface area contributed by atoms with Crippen molar-refractivity contribution >= 4 is 17.3 Å². The van der Waals surface area contributed by atoms with Gasteiger partial charge in [0.25, 0.3) is 11.6 Å². The van der Waals surface area contributed by atoms with Gasteiger partial charge in [-0.25, -0.2) is 0 Å². The first kappa shape index (κ1) is 16.0. The Balaban J connectivity index is 1.62. The number of aromatic nitrogens is 2. The SMILES string of the molecule is Cn1cc(N2CCC[C@@H](NC(=O)c3ccc([N+](=O)[O-])cc3)C2)cn1. The number of non-ortho nitro benzene ring substituents is 1. The van der Waals surface area contributed by atoms with Gasteiger partial charge in [0.2, 0.25) is 0 Å². The van der Waals surface area contributed by atoms with E-state index in [1.54, 1.807) is 4.68 Å². The molecule has 1 aromatic heterocycles. The Morgan fingerprint density at radius 3 is 2.75 bits per heavy atom. The highest BCUT2D eigenvalue weighted by molar-refractivity contribution is 5.94. The molecule has 1 atom stereocenters. The van der Waals surface area contributed by atoms with E-state index in [0.29, 0.717) is 5.56 Å². The maximum atomic E-state index is 12.3. The number of rotatable bonds is 4. The second kappa shape index (κ2) is 6.69. The topological polar surface area (TPSA) is 93.3 Å². The maximum Gasteiger partial charge on any atom is 0.269 e. The van der Waals surface area contributed by atoms with Gasteiger partial charge in [0.1, 0.15) is 0 Å². The van der Waals surface area contributed by atoms with Crippen molar-refractivity contribution in [2.75, 3.05) is 18.0 Å². The number of piperidine rings is 1. The van der Waals surface area contributed by atoms with Gasteiger partial charge in [0.15, 0.2) is 0 Å². The molecule has 1 aliphatic heterocycles. The summed E-state index contributed by atoms with van der Waals surface area (Å²) in [4.78, 5) is 24.7. The van der Waals surface area contributed by atoms with E-state index in [2.05, 4.69) is 15.3 Å². The zero-order valence-electron chi connectivity index (χ0n) is 13.4. The lowest BCUT2D eigenvalue weighted by Gasteiger charge is -2.33. The van der Waals surface area contributed by atoms with E-state index >= 15 is 0 Å². The van der Waals surface area contributed by atoms with Crippen molar-refractivity contribution in [1.29, 1.82) is 0 Å². The van der Waals surface area contributed by atoms with Crippen LogP contribution in [0.1, 0.15) is 23.2 Å². The van der Waals surface area contributed by atoms with Crippen LogP contribution in [0.3, 0.4) is 0 Å². The maximum absolute atomic E-state index is 12.3. The Hall–Kier alpha value is -2.90. The first-order valence-corrected chi connectivity index (χ1v) is 7.82. The number of amides is 1. The molecule has 1 amide bonds. The summed E-state index contributed by atoms with van der Waals surface area (Å²) in [5.41, 5.74) is 1.46. The second-order valence-electron chi connectivity index (χ2n) is 5.93. The first-order chi connectivity index (χ1) is 11.5. The predicted octanol–water partition coefficient (Wildman–Crippen LogP) is 1.73. The molecule has 1 saturated heterocycles. The van der Waals surface area contributed by atoms with Crippen molar-refractivity contribution in [3.63, 3.8) is 0 Å². The molecule has 0 saturated carbocycles. The molecule has 126 valence electrons. The molecule has 3 rings (SSSR count). The Morgan fingerprint density at radius 1 is 1.38 bits per heavy atom. The molecule has 2 heterocycles. The van der Waals surface area contributed by atoms with E-state index in [9.17, 15) is 14.9 Å². The summed E-state index contributed by atoms with van der Waals surface area (Å²) in [5.74, 6) is -0.206. The number of nitrogens with one attached hydrogen (secondary N) is 1. The molecular weight excluding hydrogens is 310 g/mol. The minimum Gasteiger partial charge on any atom is -0.367 e. The highest BCUT2D eigenvalue weighted by Gasteiger charge is 2.23. The quantitative estimate of drug-likeness (QED) is 0.681. The van der Waals surface area contributed by atoms with Crippen LogP contribution in [0.15, 0.2) is 36.7 Å². The van der Waals surface area contributed by atoms with Gasteiger partial charge < -0.3 is 10.2 Å². The molecule has 24 heavy (non-hydrogen) atoms. The monoisotopic (exact) mass is 329 g/mol. The summed E-state index contributed by atoms with van der Waals surface area (Å²) in [5, 5.41) is 17.9. The average Bonchev–Trinajstić information content (AvgIpc) is 3.02. The Kier molecular flexibility index (Phi) is 4.45. The van der Waals surface area contributed by atoms with E-state index in [4.69, 9.17) is 0 Å². The fourth-order valence-corrected chi connectivity index (χ4v) is 2.90. The molecule has 1 N–H and O–H groups in total. The third-order valence-electron chi connectivity index (χ3n) is 4.15. The summed E-state index contributed by atoms with van der Waals surface area (Å²) in [6.07, 6.45) is 5.68. The van der Waals surface area contributed by atoms with Crippen molar-refractivity contribution in [2.45, 2.75) is 18.9 Å². The molecule has 0 radical (unpaired) electrons. The Bertz CT molecular complexity index is 740. The van der Waals surface area contributed by atoms with Crippen LogP contribution >= 0.6 is 0 Å². The van der Waals surface area contributed by atoms with Gasteiger partial charge in [-0.15, -0.1) is 0 Å². The summed E-state index contributed by atoms with van der Waals surface area (Å²) in [6, 6.07) is 5.70. The lowest BCUT2D eigenvalue weighted by atomic mass is 10.0. The van der Waals surface area contributed by atoms with Gasteiger partial charge in [0.05, 0.1) is 16.8 Å². The lowest BCUT2D eigenvalue weighted by molar-refractivity contribution is -0.384. The number of carbonyl (C=O) groups is 1. The minimum atomic E-state index is -0.478. The third kappa shape index (κ3) is 3.53. The van der Waals surface area contributed by atoms with Crippen LogP contribution in [0.25, 0.3) is 0 Å². The molecule has 1 fully saturated rings. The summed E-state index contributed by atoms with van der Waals surface area (Å²) in [7, 11) is 1.88. The molecule has 8 heteroatoms. The van der Waals surface area contributed by atoms with Gasteiger partial charge in [-0.2, -0.15) is 5.10 Å².